The molecule has 0 saturated carbocycles. The fraction of sp³-hybridized carbons (Fsp3) is 0.160. The van der Waals surface area contributed by atoms with Gasteiger partial charge in [-0.25, -0.2) is 0 Å². The fourth-order valence-corrected chi connectivity index (χ4v) is 4.31. The normalized spacial score (nSPS) is 15.8. The molecule has 1 saturated heterocycles. The second-order valence-electron chi connectivity index (χ2n) is 7.68. The van der Waals surface area contributed by atoms with E-state index in [4.69, 9.17) is 21.4 Å². The smallest absolute Gasteiger partial charge is 0.246 e. The van der Waals surface area contributed by atoms with E-state index in [0.29, 0.717) is 23.9 Å². The quantitative estimate of drug-likeness (QED) is 0.381. The van der Waals surface area contributed by atoms with Gasteiger partial charge in [0.25, 0.3) is 0 Å². The molecular formula is C25H21ClN4O2. The van der Waals surface area contributed by atoms with Crippen molar-refractivity contribution in [1.29, 1.82) is 0 Å². The summed E-state index contributed by atoms with van der Waals surface area (Å²) in [6, 6.07) is 17.2. The highest BCUT2D eigenvalue weighted by molar-refractivity contribution is 6.32. The van der Waals surface area contributed by atoms with Gasteiger partial charge in [-0.3, -0.25) is 14.5 Å². The van der Waals surface area contributed by atoms with Crippen molar-refractivity contribution in [1.82, 2.24) is 19.7 Å². The van der Waals surface area contributed by atoms with Crippen molar-refractivity contribution in [3.8, 4) is 22.8 Å². The standard InChI is InChI=1S/C25H21ClN4O2/c1-2-24(31)29-13-11-18(16-29)30-22-10-12-27-15-20(22)25(28-30)17-8-9-23(21(26)14-17)32-19-6-4-3-5-7-19/h2-10,12,14-15,18H,1,11,13,16H2. The van der Waals surface area contributed by atoms with Gasteiger partial charge in [0.15, 0.2) is 0 Å². The third-order valence-corrected chi connectivity index (χ3v) is 5.97. The number of hydrogen-bond donors (Lipinski definition) is 0. The van der Waals surface area contributed by atoms with Crippen LogP contribution in [0.15, 0.2) is 79.6 Å². The number of para-hydroxylation sites is 1. The van der Waals surface area contributed by atoms with E-state index in [1.165, 1.54) is 6.08 Å². The van der Waals surface area contributed by atoms with Crippen molar-refractivity contribution in [2.24, 2.45) is 0 Å². The van der Waals surface area contributed by atoms with Gasteiger partial charge in [-0.05, 0) is 48.9 Å². The third-order valence-electron chi connectivity index (χ3n) is 5.68. The number of likely N-dealkylation sites (tertiary alicyclic amines) is 1. The molecule has 0 bridgehead atoms. The lowest BCUT2D eigenvalue weighted by Gasteiger charge is -2.15. The summed E-state index contributed by atoms with van der Waals surface area (Å²) in [6.45, 7) is 4.89. The van der Waals surface area contributed by atoms with Crippen LogP contribution >= 0.6 is 11.6 Å². The maximum Gasteiger partial charge on any atom is 0.246 e. The van der Waals surface area contributed by atoms with E-state index < -0.39 is 0 Å². The zero-order chi connectivity index (χ0) is 22.1. The number of carbonyl (C=O) groups excluding carboxylic acids is 1. The van der Waals surface area contributed by atoms with Crippen LogP contribution < -0.4 is 4.74 Å². The topological polar surface area (TPSA) is 60.2 Å². The molecule has 1 fully saturated rings. The van der Waals surface area contributed by atoms with Crippen LogP contribution in [0, 0.1) is 0 Å². The summed E-state index contributed by atoms with van der Waals surface area (Å²) in [6.07, 6.45) is 5.77. The highest BCUT2D eigenvalue weighted by Gasteiger charge is 2.28. The Morgan fingerprint density at radius 2 is 2.03 bits per heavy atom. The number of ether oxygens (including phenoxy) is 1. The third kappa shape index (κ3) is 3.74. The average Bonchev–Trinajstić information content (AvgIpc) is 3.46. The number of hydrogen-bond acceptors (Lipinski definition) is 4. The minimum absolute atomic E-state index is 0.0494. The second-order valence-corrected chi connectivity index (χ2v) is 8.08. The lowest BCUT2D eigenvalue weighted by atomic mass is 10.1. The molecule has 1 aliphatic rings. The molecule has 5 rings (SSSR count). The zero-order valence-corrected chi connectivity index (χ0v) is 18.1. The molecule has 4 aromatic rings. The van der Waals surface area contributed by atoms with E-state index in [1.54, 1.807) is 11.1 Å². The number of halogens is 1. The van der Waals surface area contributed by atoms with Gasteiger partial charge in [-0.2, -0.15) is 5.10 Å². The van der Waals surface area contributed by atoms with Crippen LogP contribution in [0.1, 0.15) is 12.5 Å². The highest BCUT2D eigenvalue weighted by atomic mass is 35.5. The summed E-state index contributed by atoms with van der Waals surface area (Å²) < 4.78 is 7.91. The van der Waals surface area contributed by atoms with E-state index >= 15 is 0 Å². The van der Waals surface area contributed by atoms with Gasteiger partial charge in [0.2, 0.25) is 5.91 Å². The maximum absolute atomic E-state index is 12.0. The van der Waals surface area contributed by atoms with Crippen molar-refractivity contribution >= 4 is 28.4 Å². The molecule has 6 nitrogen and oxygen atoms in total. The number of amides is 1. The molecular weight excluding hydrogens is 424 g/mol. The van der Waals surface area contributed by atoms with Gasteiger partial charge in [0.05, 0.1) is 16.6 Å². The van der Waals surface area contributed by atoms with E-state index in [1.807, 2.05) is 65.5 Å². The van der Waals surface area contributed by atoms with Crippen LogP contribution in [0.3, 0.4) is 0 Å². The number of fused-ring (bicyclic) bond motifs is 1. The molecule has 3 heterocycles. The van der Waals surface area contributed by atoms with Crippen molar-refractivity contribution in [3.63, 3.8) is 0 Å². The lowest BCUT2D eigenvalue weighted by Crippen LogP contribution is -2.27. The molecule has 7 heteroatoms. The van der Waals surface area contributed by atoms with E-state index in [9.17, 15) is 4.79 Å². The minimum Gasteiger partial charge on any atom is -0.456 e. The minimum atomic E-state index is -0.0494. The molecule has 2 aromatic heterocycles. The number of carbonyl (C=O) groups is 1. The number of nitrogens with zero attached hydrogens (tertiary/aromatic N) is 4. The Bertz CT molecular complexity index is 1300. The van der Waals surface area contributed by atoms with Crippen LogP contribution in [-0.2, 0) is 4.79 Å². The van der Waals surface area contributed by atoms with Crippen LogP contribution in [0.4, 0.5) is 0 Å². The number of pyridine rings is 1. The molecule has 0 radical (unpaired) electrons. The van der Waals surface area contributed by atoms with Crippen LogP contribution in [0.25, 0.3) is 22.2 Å². The predicted octanol–water partition coefficient (Wildman–Crippen LogP) is 5.50. The predicted molar refractivity (Wildman–Crippen MR) is 125 cm³/mol. The zero-order valence-electron chi connectivity index (χ0n) is 17.3. The van der Waals surface area contributed by atoms with Gasteiger partial charge in [0.1, 0.15) is 17.2 Å². The largest absolute Gasteiger partial charge is 0.456 e. The van der Waals surface area contributed by atoms with Crippen LogP contribution in [0.2, 0.25) is 5.02 Å². The van der Waals surface area contributed by atoms with Gasteiger partial charge < -0.3 is 9.64 Å². The molecule has 0 aliphatic carbocycles. The lowest BCUT2D eigenvalue weighted by molar-refractivity contribution is -0.125. The summed E-state index contributed by atoms with van der Waals surface area (Å²) in [7, 11) is 0. The molecule has 1 amide bonds. The SMILES string of the molecule is C=CC(=O)N1CCC(n2nc(-c3ccc(Oc4ccccc4)c(Cl)c3)c3cnccc32)C1. The van der Waals surface area contributed by atoms with Crippen molar-refractivity contribution in [2.45, 2.75) is 12.5 Å². The number of benzene rings is 2. The Hall–Kier alpha value is -3.64. The second kappa shape index (κ2) is 8.48. The van der Waals surface area contributed by atoms with Crippen molar-refractivity contribution in [3.05, 3.63) is 84.7 Å². The molecule has 32 heavy (non-hydrogen) atoms. The summed E-state index contributed by atoms with van der Waals surface area (Å²) >= 11 is 6.56. The van der Waals surface area contributed by atoms with E-state index in [0.717, 1.165) is 34.3 Å². The average molecular weight is 445 g/mol. The van der Waals surface area contributed by atoms with Crippen molar-refractivity contribution < 1.29 is 9.53 Å². The first kappa shape index (κ1) is 20.3. The summed E-state index contributed by atoms with van der Waals surface area (Å²) in [4.78, 5) is 18.1. The summed E-state index contributed by atoms with van der Waals surface area (Å²) in [5.74, 6) is 1.26. The molecule has 0 spiro atoms. The Balaban J connectivity index is 1.49. The van der Waals surface area contributed by atoms with E-state index in [2.05, 4.69) is 11.6 Å². The number of rotatable bonds is 5. The molecule has 1 atom stereocenters. The Morgan fingerprint density at radius 3 is 2.81 bits per heavy atom. The van der Waals surface area contributed by atoms with Crippen LogP contribution in [0.5, 0.6) is 11.5 Å². The van der Waals surface area contributed by atoms with Gasteiger partial charge in [-0.15, -0.1) is 0 Å². The van der Waals surface area contributed by atoms with Gasteiger partial charge in [0, 0.05) is 36.4 Å². The van der Waals surface area contributed by atoms with Gasteiger partial charge >= 0.3 is 0 Å². The molecule has 2 aromatic carbocycles. The highest BCUT2D eigenvalue weighted by Crippen LogP contribution is 2.36. The Kier molecular flexibility index (Phi) is 5.37. The summed E-state index contributed by atoms with van der Waals surface area (Å²) in [5, 5.41) is 6.37. The Labute approximate surface area is 190 Å². The van der Waals surface area contributed by atoms with Crippen molar-refractivity contribution in [2.75, 3.05) is 13.1 Å². The maximum atomic E-state index is 12.0. The molecule has 160 valence electrons. The Morgan fingerprint density at radius 1 is 1.19 bits per heavy atom. The van der Waals surface area contributed by atoms with E-state index in [-0.39, 0.29) is 11.9 Å². The number of aromatic nitrogens is 3. The first-order chi connectivity index (χ1) is 15.6. The fourth-order valence-electron chi connectivity index (χ4n) is 4.09. The molecule has 1 aliphatic heterocycles. The summed E-state index contributed by atoms with van der Waals surface area (Å²) in [5.41, 5.74) is 2.66. The first-order valence-electron chi connectivity index (χ1n) is 10.4. The van der Waals surface area contributed by atoms with Gasteiger partial charge in [-0.1, -0.05) is 36.4 Å². The first-order valence-corrected chi connectivity index (χ1v) is 10.8. The van der Waals surface area contributed by atoms with Crippen LogP contribution in [-0.4, -0.2) is 38.7 Å². The molecule has 1 unspecified atom stereocenters. The monoisotopic (exact) mass is 444 g/mol. The molecule has 0 N–H and O–H groups in total.